The first-order valence-corrected chi connectivity index (χ1v) is 10.6. The molecule has 11 nitrogen and oxygen atoms in total. The van der Waals surface area contributed by atoms with Gasteiger partial charge >= 0.3 is 17.9 Å². The fraction of sp³-hybridized carbons (Fsp3) is 0.800. The molecule has 11 heteroatoms. The largest absolute Gasteiger partial charge is 0.480 e. The van der Waals surface area contributed by atoms with Crippen LogP contribution in [-0.2, 0) is 19.2 Å². The minimum absolute atomic E-state index is 0.0194. The Balaban J connectivity index is 3.09. The van der Waals surface area contributed by atoms with Crippen molar-refractivity contribution < 1.29 is 34.5 Å². The molecule has 1 rings (SSSR count). The van der Waals surface area contributed by atoms with Gasteiger partial charge in [-0.3, -0.25) is 38.8 Å². The van der Waals surface area contributed by atoms with Gasteiger partial charge in [-0.2, -0.15) is 0 Å². The lowest BCUT2D eigenvalue weighted by Crippen LogP contribution is -2.53. The standard InChI is InChI=1S/C20H36N4O7/c1-15(2)19(20(30)31)24-10-8-22(13-17(26)27)6-4-21(12-16(3)25)5-7-23(9-11-24)14-18(28)29/h15,19H,4-14H2,1-3H3,(H,26,27)(H,28,29)(H,30,31). The molecular weight excluding hydrogens is 408 g/mol. The first-order valence-electron chi connectivity index (χ1n) is 10.6. The zero-order chi connectivity index (χ0) is 23.6. The molecule has 0 amide bonds. The maximum absolute atomic E-state index is 11.9. The summed E-state index contributed by atoms with van der Waals surface area (Å²) in [6.45, 7) is 8.11. The van der Waals surface area contributed by atoms with Gasteiger partial charge in [0.2, 0.25) is 0 Å². The molecule has 1 atom stereocenters. The van der Waals surface area contributed by atoms with E-state index in [9.17, 15) is 34.5 Å². The van der Waals surface area contributed by atoms with E-state index in [4.69, 9.17) is 0 Å². The maximum Gasteiger partial charge on any atom is 0.321 e. The Morgan fingerprint density at radius 1 is 0.677 bits per heavy atom. The summed E-state index contributed by atoms with van der Waals surface area (Å²) in [5.41, 5.74) is 0. The number of carboxylic acids is 3. The third-order valence-electron chi connectivity index (χ3n) is 5.31. The molecule has 0 aromatic heterocycles. The summed E-state index contributed by atoms with van der Waals surface area (Å²) in [5, 5.41) is 28.2. The fourth-order valence-electron chi connectivity index (χ4n) is 3.87. The second-order valence-corrected chi connectivity index (χ2v) is 8.38. The second kappa shape index (κ2) is 13.4. The van der Waals surface area contributed by atoms with Crippen LogP contribution < -0.4 is 0 Å². The SMILES string of the molecule is CC(=O)CN1CCN(CC(=O)O)CCN(C(C(=O)O)C(C)C)CCN(CC(=O)O)CC1. The van der Waals surface area contributed by atoms with Crippen molar-refractivity contribution in [2.75, 3.05) is 72.0 Å². The Kier molecular flexibility index (Phi) is 11.6. The number of carbonyl (C=O) groups excluding carboxylic acids is 1. The van der Waals surface area contributed by atoms with Crippen molar-refractivity contribution in [3.05, 3.63) is 0 Å². The molecule has 0 aliphatic carbocycles. The highest BCUT2D eigenvalue weighted by molar-refractivity contribution is 5.77. The molecule has 1 aliphatic heterocycles. The molecule has 0 aromatic rings. The number of hydrogen-bond acceptors (Lipinski definition) is 8. The molecule has 1 fully saturated rings. The number of carboxylic acid groups (broad SMARTS) is 3. The molecule has 178 valence electrons. The summed E-state index contributed by atoms with van der Waals surface area (Å²) in [4.78, 5) is 53.3. The predicted molar refractivity (Wildman–Crippen MR) is 113 cm³/mol. The van der Waals surface area contributed by atoms with Crippen molar-refractivity contribution in [3.8, 4) is 0 Å². The van der Waals surface area contributed by atoms with Gasteiger partial charge in [-0.25, -0.2) is 0 Å². The molecule has 0 saturated carbocycles. The topological polar surface area (TPSA) is 142 Å². The average molecular weight is 445 g/mol. The van der Waals surface area contributed by atoms with E-state index >= 15 is 0 Å². The molecule has 0 spiro atoms. The third-order valence-corrected chi connectivity index (χ3v) is 5.31. The van der Waals surface area contributed by atoms with Gasteiger partial charge in [-0.1, -0.05) is 13.8 Å². The van der Waals surface area contributed by atoms with Gasteiger partial charge in [0.15, 0.2) is 0 Å². The van der Waals surface area contributed by atoms with E-state index in [1.54, 1.807) is 14.7 Å². The van der Waals surface area contributed by atoms with Crippen LogP contribution in [0.1, 0.15) is 20.8 Å². The van der Waals surface area contributed by atoms with Crippen LogP contribution in [0.25, 0.3) is 0 Å². The van der Waals surface area contributed by atoms with Crippen LogP contribution in [0.5, 0.6) is 0 Å². The van der Waals surface area contributed by atoms with Crippen LogP contribution in [0.4, 0.5) is 0 Å². The number of ketones is 1. The smallest absolute Gasteiger partial charge is 0.321 e. The highest BCUT2D eigenvalue weighted by Gasteiger charge is 2.30. The van der Waals surface area contributed by atoms with E-state index in [0.29, 0.717) is 52.4 Å². The Labute approximate surface area is 183 Å². The van der Waals surface area contributed by atoms with Crippen LogP contribution in [0.3, 0.4) is 0 Å². The fourth-order valence-corrected chi connectivity index (χ4v) is 3.87. The molecule has 1 unspecified atom stereocenters. The van der Waals surface area contributed by atoms with Crippen molar-refractivity contribution in [3.63, 3.8) is 0 Å². The summed E-state index contributed by atoms with van der Waals surface area (Å²) in [5.74, 6) is -3.08. The van der Waals surface area contributed by atoms with Gasteiger partial charge in [-0.05, 0) is 12.8 Å². The zero-order valence-corrected chi connectivity index (χ0v) is 18.7. The Bertz CT molecular complexity index is 597. The van der Waals surface area contributed by atoms with E-state index in [1.165, 1.54) is 6.92 Å². The lowest BCUT2D eigenvalue weighted by atomic mass is 10.0. The summed E-state index contributed by atoms with van der Waals surface area (Å²) in [7, 11) is 0. The Morgan fingerprint density at radius 2 is 1.03 bits per heavy atom. The number of aliphatic carboxylic acids is 3. The predicted octanol–water partition coefficient (Wildman–Crippen LogP) is -0.925. The van der Waals surface area contributed by atoms with E-state index < -0.39 is 23.9 Å². The van der Waals surface area contributed by atoms with Crippen molar-refractivity contribution in [1.29, 1.82) is 0 Å². The van der Waals surface area contributed by atoms with Gasteiger partial charge in [0.1, 0.15) is 11.8 Å². The van der Waals surface area contributed by atoms with Crippen molar-refractivity contribution >= 4 is 23.7 Å². The average Bonchev–Trinajstić information content (AvgIpc) is 2.61. The molecule has 3 N–H and O–H groups in total. The van der Waals surface area contributed by atoms with E-state index in [1.807, 2.05) is 18.7 Å². The van der Waals surface area contributed by atoms with Crippen LogP contribution >= 0.6 is 0 Å². The van der Waals surface area contributed by atoms with E-state index in [2.05, 4.69) is 0 Å². The lowest BCUT2D eigenvalue weighted by molar-refractivity contribution is -0.146. The van der Waals surface area contributed by atoms with Gasteiger partial charge < -0.3 is 15.3 Å². The summed E-state index contributed by atoms with van der Waals surface area (Å²) < 4.78 is 0. The molecule has 31 heavy (non-hydrogen) atoms. The lowest BCUT2D eigenvalue weighted by Gasteiger charge is -2.36. The van der Waals surface area contributed by atoms with Gasteiger partial charge in [-0.15, -0.1) is 0 Å². The normalized spacial score (nSPS) is 20.0. The van der Waals surface area contributed by atoms with Crippen molar-refractivity contribution in [1.82, 2.24) is 19.6 Å². The number of carbonyl (C=O) groups is 4. The quantitative estimate of drug-likeness (QED) is 0.406. The van der Waals surface area contributed by atoms with Crippen molar-refractivity contribution in [2.24, 2.45) is 5.92 Å². The molecule has 0 aromatic carbocycles. The number of nitrogens with zero attached hydrogens (tertiary/aromatic N) is 4. The van der Waals surface area contributed by atoms with Crippen LogP contribution in [0.15, 0.2) is 0 Å². The van der Waals surface area contributed by atoms with Gasteiger partial charge in [0.05, 0.1) is 19.6 Å². The first-order chi connectivity index (χ1) is 14.5. The van der Waals surface area contributed by atoms with Gasteiger partial charge in [0.25, 0.3) is 0 Å². The molecule has 1 saturated heterocycles. The zero-order valence-electron chi connectivity index (χ0n) is 18.7. The first kappa shape index (κ1) is 27.0. The minimum Gasteiger partial charge on any atom is -0.480 e. The van der Waals surface area contributed by atoms with E-state index in [-0.39, 0.29) is 31.3 Å². The Hall–Kier alpha value is -2.08. The minimum atomic E-state index is -0.969. The number of Topliss-reactive ketones (excluding diaryl/α,β-unsaturated/α-hetero) is 1. The van der Waals surface area contributed by atoms with Crippen LogP contribution in [-0.4, -0.2) is 137 Å². The highest BCUT2D eigenvalue weighted by Crippen LogP contribution is 2.12. The Morgan fingerprint density at radius 3 is 1.32 bits per heavy atom. The summed E-state index contributed by atoms with van der Waals surface area (Å²) >= 11 is 0. The van der Waals surface area contributed by atoms with Crippen LogP contribution in [0, 0.1) is 5.92 Å². The third kappa shape index (κ3) is 10.7. The second-order valence-electron chi connectivity index (χ2n) is 8.38. The van der Waals surface area contributed by atoms with Gasteiger partial charge in [0, 0.05) is 52.4 Å². The maximum atomic E-state index is 11.9. The van der Waals surface area contributed by atoms with Crippen molar-refractivity contribution in [2.45, 2.75) is 26.8 Å². The van der Waals surface area contributed by atoms with E-state index in [0.717, 1.165) is 0 Å². The molecule has 0 bridgehead atoms. The van der Waals surface area contributed by atoms with Crippen LogP contribution in [0.2, 0.25) is 0 Å². The monoisotopic (exact) mass is 444 g/mol. The number of hydrogen-bond donors (Lipinski definition) is 3. The molecule has 1 aliphatic rings. The molecule has 0 radical (unpaired) electrons. The summed E-state index contributed by atoms with van der Waals surface area (Å²) in [6.07, 6.45) is 0. The highest BCUT2D eigenvalue weighted by atomic mass is 16.4. The molecule has 1 heterocycles. The number of rotatable bonds is 9. The molecular formula is C20H36N4O7. The summed E-state index contributed by atoms with van der Waals surface area (Å²) in [6, 6.07) is -0.754.